The quantitative estimate of drug-likeness (QED) is 0.642. The highest BCUT2D eigenvalue weighted by atomic mass is 32.2. The van der Waals surface area contributed by atoms with Crippen LogP contribution in [0.3, 0.4) is 0 Å². The van der Waals surface area contributed by atoms with Crippen molar-refractivity contribution in [2.75, 3.05) is 59.5 Å². The number of rotatable bonds is 7. The van der Waals surface area contributed by atoms with Crippen LogP contribution in [-0.4, -0.2) is 88.0 Å². The Hall–Kier alpha value is -2.30. The zero-order valence-electron chi connectivity index (χ0n) is 20.0. The van der Waals surface area contributed by atoms with Gasteiger partial charge >= 0.3 is 0 Å². The van der Waals surface area contributed by atoms with Crippen molar-refractivity contribution >= 4 is 15.9 Å². The first kappa shape index (κ1) is 24.8. The van der Waals surface area contributed by atoms with E-state index in [1.165, 1.54) is 15.9 Å². The zero-order valence-corrected chi connectivity index (χ0v) is 20.8. The van der Waals surface area contributed by atoms with Gasteiger partial charge in [0.1, 0.15) is 0 Å². The summed E-state index contributed by atoms with van der Waals surface area (Å²) in [6.45, 7) is 8.74. The Morgan fingerprint density at radius 2 is 1.68 bits per heavy atom. The van der Waals surface area contributed by atoms with Crippen molar-refractivity contribution in [2.24, 2.45) is 0 Å². The molecular formula is C25H34N4O4S. The third-order valence-electron chi connectivity index (χ3n) is 6.51. The van der Waals surface area contributed by atoms with Gasteiger partial charge in [0.2, 0.25) is 10.0 Å². The van der Waals surface area contributed by atoms with Crippen molar-refractivity contribution in [3.8, 4) is 0 Å². The number of nitrogens with one attached hydrogen (secondary N) is 1. The molecule has 0 bridgehead atoms. The molecule has 4 rings (SSSR count). The normalized spacial score (nSPS) is 18.6. The number of benzene rings is 2. The molecule has 2 heterocycles. The minimum absolute atomic E-state index is 0.167. The molecule has 2 fully saturated rings. The molecule has 2 saturated heterocycles. The highest BCUT2D eigenvalue weighted by Gasteiger charge is 2.28. The van der Waals surface area contributed by atoms with Gasteiger partial charge in [-0.25, -0.2) is 8.42 Å². The minimum atomic E-state index is -3.63. The third kappa shape index (κ3) is 6.03. The summed E-state index contributed by atoms with van der Waals surface area (Å²) in [5.74, 6) is -0.272. The van der Waals surface area contributed by atoms with Gasteiger partial charge in [0.15, 0.2) is 0 Å². The van der Waals surface area contributed by atoms with Gasteiger partial charge in [-0.1, -0.05) is 30.3 Å². The number of hydrogen-bond acceptors (Lipinski definition) is 6. The monoisotopic (exact) mass is 486 g/mol. The average Bonchev–Trinajstić information content (AvgIpc) is 2.84. The maximum atomic E-state index is 13.1. The molecule has 9 heteroatoms. The molecule has 2 aliphatic heterocycles. The van der Waals surface area contributed by atoms with Gasteiger partial charge < -0.3 is 15.0 Å². The lowest BCUT2D eigenvalue weighted by Gasteiger charge is -2.31. The molecule has 1 amide bonds. The van der Waals surface area contributed by atoms with Gasteiger partial charge in [0.25, 0.3) is 5.91 Å². The van der Waals surface area contributed by atoms with Crippen LogP contribution in [0, 0.1) is 6.92 Å². The van der Waals surface area contributed by atoms with E-state index in [9.17, 15) is 13.2 Å². The van der Waals surface area contributed by atoms with E-state index in [2.05, 4.69) is 27.2 Å². The van der Waals surface area contributed by atoms with Crippen LogP contribution in [0.5, 0.6) is 0 Å². The van der Waals surface area contributed by atoms with Gasteiger partial charge in [-0.3, -0.25) is 9.69 Å². The molecule has 184 valence electrons. The number of nitrogens with zero attached hydrogens (tertiary/aromatic N) is 3. The van der Waals surface area contributed by atoms with E-state index in [1.807, 2.05) is 26.1 Å². The van der Waals surface area contributed by atoms with Crippen LogP contribution in [0.25, 0.3) is 0 Å². The lowest BCUT2D eigenvalue weighted by atomic mass is 10.1. The molecule has 1 N–H and O–H groups in total. The second kappa shape index (κ2) is 11.0. The Morgan fingerprint density at radius 3 is 2.41 bits per heavy atom. The molecule has 0 unspecified atom stereocenters. The van der Waals surface area contributed by atoms with Gasteiger partial charge in [-0.05, 0) is 42.8 Å². The van der Waals surface area contributed by atoms with Gasteiger partial charge in [0.05, 0.1) is 18.1 Å². The number of likely N-dealkylation sites (N-methyl/N-ethyl adjacent to an activating group) is 1. The Morgan fingerprint density at radius 1 is 0.971 bits per heavy atom. The number of hydrogen-bond donors (Lipinski definition) is 1. The number of morpholine rings is 1. The fourth-order valence-electron chi connectivity index (χ4n) is 4.32. The molecule has 34 heavy (non-hydrogen) atoms. The predicted octanol–water partition coefficient (Wildman–Crippen LogP) is 1.69. The fraction of sp³-hybridized carbons (Fsp3) is 0.480. The third-order valence-corrected chi connectivity index (χ3v) is 8.40. The average molecular weight is 487 g/mol. The maximum absolute atomic E-state index is 13.1. The first-order chi connectivity index (χ1) is 16.3. The maximum Gasteiger partial charge on any atom is 0.251 e. The molecule has 0 aromatic heterocycles. The van der Waals surface area contributed by atoms with Crippen LogP contribution < -0.4 is 5.32 Å². The smallest absolute Gasteiger partial charge is 0.251 e. The Labute approximate surface area is 202 Å². The van der Waals surface area contributed by atoms with Crippen molar-refractivity contribution in [1.82, 2.24) is 19.4 Å². The van der Waals surface area contributed by atoms with E-state index in [-0.39, 0.29) is 10.8 Å². The molecule has 0 aliphatic carbocycles. The first-order valence-corrected chi connectivity index (χ1v) is 13.2. The number of piperazine rings is 1. The summed E-state index contributed by atoms with van der Waals surface area (Å²) in [6, 6.07) is 13.0. The van der Waals surface area contributed by atoms with Gasteiger partial charge in [-0.2, -0.15) is 4.31 Å². The van der Waals surface area contributed by atoms with Crippen molar-refractivity contribution in [2.45, 2.75) is 24.9 Å². The lowest BCUT2D eigenvalue weighted by Crippen LogP contribution is -2.47. The summed E-state index contributed by atoms with van der Waals surface area (Å²) in [7, 11) is -1.65. The van der Waals surface area contributed by atoms with E-state index in [4.69, 9.17) is 4.74 Å². The van der Waals surface area contributed by atoms with E-state index in [1.54, 1.807) is 12.1 Å². The van der Waals surface area contributed by atoms with Gasteiger partial charge in [-0.15, -0.1) is 0 Å². The van der Waals surface area contributed by atoms with Crippen LogP contribution in [0.2, 0.25) is 0 Å². The molecule has 8 nitrogen and oxygen atoms in total. The standard InChI is InChI=1S/C25H34N4O4S/c1-20-6-7-23(34(31,32)29-10-8-27(2)9-11-29)17-24(20)25(30)26-18-21-4-3-5-22(16-21)19-28-12-14-33-15-13-28/h3-7,16-17H,8-15,18-19H2,1-2H3,(H,26,30). The summed E-state index contributed by atoms with van der Waals surface area (Å²) in [5.41, 5.74) is 3.35. The predicted molar refractivity (Wildman–Crippen MR) is 131 cm³/mol. The molecule has 2 aromatic rings. The number of amides is 1. The van der Waals surface area contributed by atoms with Crippen molar-refractivity contribution in [1.29, 1.82) is 0 Å². The Balaban J connectivity index is 1.42. The SMILES string of the molecule is Cc1ccc(S(=O)(=O)N2CCN(C)CC2)cc1C(=O)NCc1cccc(CN2CCOCC2)c1. The van der Waals surface area contributed by atoms with E-state index in [0.717, 1.165) is 44.0 Å². The van der Waals surface area contributed by atoms with E-state index >= 15 is 0 Å². The van der Waals surface area contributed by atoms with Crippen LogP contribution >= 0.6 is 0 Å². The second-order valence-corrected chi connectivity index (χ2v) is 11.0. The van der Waals surface area contributed by atoms with Crippen molar-refractivity contribution in [3.05, 3.63) is 64.7 Å². The Kier molecular flexibility index (Phi) is 8.00. The molecule has 0 spiro atoms. The summed E-state index contributed by atoms with van der Waals surface area (Å²) in [6.07, 6.45) is 0. The minimum Gasteiger partial charge on any atom is -0.379 e. The number of carbonyl (C=O) groups is 1. The number of ether oxygens (including phenoxy) is 1. The fourth-order valence-corrected chi connectivity index (χ4v) is 5.77. The summed E-state index contributed by atoms with van der Waals surface area (Å²) in [4.78, 5) is 17.6. The van der Waals surface area contributed by atoms with Crippen LogP contribution in [0.1, 0.15) is 27.0 Å². The number of aryl methyl sites for hydroxylation is 1. The molecule has 0 atom stereocenters. The first-order valence-electron chi connectivity index (χ1n) is 11.8. The van der Waals surface area contributed by atoms with E-state index < -0.39 is 10.0 Å². The molecule has 2 aromatic carbocycles. The Bertz CT molecular complexity index is 1110. The second-order valence-electron chi connectivity index (χ2n) is 9.08. The van der Waals surface area contributed by atoms with Gasteiger partial charge in [0, 0.05) is 57.9 Å². The van der Waals surface area contributed by atoms with Crippen LogP contribution in [0.4, 0.5) is 0 Å². The summed E-state index contributed by atoms with van der Waals surface area (Å²) < 4.78 is 33.2. The number of sulfonamides is 1. The molecule has 0 radical (unpaired) electrons. The summed E-state index contributed by atoms with van der Waals surface area (Å²) >= 11 is 0. The topological polar surface area (TPSA) is 82.2 Å². The van der Waals surface area contributed by atoms with Crippen molar-refractivity contribution in [3.63, 3.8) is 0 Å². The largest absolute Gasteiger partial charge is 0.379 e. The van der Waals surface area contributed by atoms with Crippen molar-refractivity contribution < 1.29 is 17.9 Å². The van der Waals surface area contributed by atoms with E-state index in [0.29, 0.717) is 38.3 Å². The van der Waals surface area contributed by atoms with Crippen LogP contribution in [0.15, 0.2) is 47.4 Å². The highest BCUT2D eigenvalue weighted by Crippen LogP contribution is 2.21. The number of carbonyl (C=O) groups excluding carboxylic acids is 1. The summed E-state index contributed by atoms with van der Waals surface area (Å²) in [5, 5.41) is 2.96. The highest BCUT2D eigenvalue weighted by molar-refractivity contribution is 7.89. The molecule has 0 saturated carbocycles. The molecule has 2 aliphatic rings. The lowest BCUT2D eigenvalue weighted by molar-refractivity contribution is 0.0342. The van der Waals surface area contributed by atoms with Crippen LogP contribution in [-0.2, 0) is 27.8 Å². The molecular weight excluding hydrogens is 452 g/mol. The zero-order chi connectivity index (χ0) is 24.1.